The van der Waals surface area contributed by atoms with E-state index < -0.39 is 14.6 Å². The summed E-state index contributed by atoms with van der Waals surface area (Å²) in [5, 5.41) is 2.92. The van der Waals surface area contributed by atoms with Crippen molar-refractivity contribution in [2.75, 3.05) is 7.05 Å². The standard InChI is InChI=1S/C7H19GeN/c1-5-8(9-4)6-7(2)3/h7-9H,5-6H2,1-4H3. The van der Waals surface area contributed by atoms with Crippen molar-refractivity contribution in [1.29, 1.82) is 0 Å². The molecule has 0 bridgehead atoms. The minimum atomic E-state index is -0.929. The van der Waals surface area contributed by atoms with Crippen LogP contribution < -0.4 is 4.27 Å². The number of rotatable bonds is 4. The van der Waals surface area contributed by atoms with Gasteiger partial charge in [0.05, 0.1) is 0 Å². The van der Waals surface area contributed by atoms with Gasteiger partial charge in [-0.3, -0.25) is 0 Å². The molecule has 0 saturated heterocycles. The summed E-state index contributed by atoms with van der Waals surface area (Å²) in [5.74, 6) is 0.905. The number of nitrogens with one attached hydrogen (secondary N) is 1. The number of hydrogen-bond acceptors (Lipinski definition) is 1. The molecule has 0 aliphatic heterocycles. The zero-order valence-electron chi connectivity index (χ0n) is 7.07. The Morgan fingerprint density at radius 1 is 1.44 bits per heavy atom. The Hall–Kier alpha value is 0.503. The Morgan fingerprint density at radius 3 is 2.11 bits per heavy atom. The third-order valence-corrected chi connectivity index (χ3v) is 8.61. The van der Waals surface area contributed by atoms with Crippen LogP contribution in [0.2, 0.25) is 10.5 Å². The van der Waals surface area contributed by atoms with Crippen molar-refractivity contribution in [2.45, 2.75) is 31.3 Å². The van der Waals surface area contributed by atoms with Gasteiger partial charge in [0.15, 0.2) is 0 Å². The second-order valence-corrected chi connectivity index (χ2v) is 9.86. The maximum atomic E-state index is 3.47. The Bertz CT molecular complexity index is 59.9. The van der Waals surface area contributed by atoms with E-state index in [0.717, 1.165) is 5.92 Å². The van der Waals surface area contributed by atoms with Gasteiger partial charge in [-0.1, -0.05) is 0 Å². The van der Waals surface area contributed by atoms with Crippen LogP contribution in [-0.2, 0) is 0 Å². The van der Waals surface area contributed by atoms with E-state index in [4.69, 9.17) is 0 Å². The van der Waals surface area contributed by atoms with Gasteiger partial charge in [0, 0.05) is 0 Å². The number of hydrogen-bond donors (Lipinski definition) is 1. The molecule has 0 heterocycles. The zero-order chi connectivity index (χ0) is 7.28. The first-order valence-corrected chi connectivity index (χ1v) is 8.51. The van der Waals surface area contributed by atoms with Gasteiger partial charge >= 0.3 is 63.1 Å². The van der Waals surface area contributed by atoms with Crippen LogP contribution in [0, 0.1) is 5.92 Å². The molecule has 0 aliphatic carbocycles. The van der Waals surface area contributed by atoms with E-state index in [-0.39, 0.29) is 0 Å². The van der Waals surface area contributed by atoms with Gasteiger partial charge in [0.1, 0.15) is 0 Å². The molecule has 1 N–H and O–H groups in total. The molecule has 56 valence electrons. The Morgan fingerprint density at radius 2 is 2.00 bits per heavy atom. The predicted octanol–water partition coefficient (Wildman–Crippen LogP) is 1.61. The van der Waals surface area contributed by atoms with E-state index in [1.807, 2.05) is 0 Å². The topological polar surface area (TPSA) is 12.0 Å². The van der Waals surface area contributed by atoms with Crippen molar-refractivity contribution in [2.24, 2.45) is 5.92 Å². The van der Waals surface area contributed by atoms with Crippen LogP contribution in [-0.4, -0.2) is 21.6 Å². The SMILES string of the molecule is C[CH2][GeH]([CH2]C(C)C)[NH]C. The molecule has 0 aliphatic rings. The third kappa shape index (κ3) is 4.97. The summed E-state index contributed by atoms with van der Waals surface area (Å²) >= 11 is -0.929. The van der Waals surface area contributed by atoms with E-state index in [9.17, 15) is 0 Å². The minimum absolute atomic E-state index is 0.905. The molecule has 0 saturated carbocycles. The molecule has 0 aromatic heterocycles. The molecular weight excluding hydrogens is 171 g/mol. The van der Waals surface area contributed by atoms with Crippen molar-refractivity contribution in [3.8, 4) is 0 Å². The summed E-state index contributed by atoms with van der Waals surface area (Å²) in [6.45, 7) is 6.93. The zero-order valence-corrected chi connectivity index (χ0v) is 9.49. The van der Waals surface area contributed by atoms with Gasteiger partial charge < -0.3 is 0 Å². The van der Waals surface area contributed by atoms with Crippen LogP contribution in [0.5, 0.6) is 0 Å². The fourth-order valence-corrected chi connectivity index (χ4v) is 5.50. The predicted molar refractivity (Wildman–Crippen MR) is 46.3 cm³/mol. The molecule has 1 unspecified atom stereocenters. The molecule has 1 nitrogen and oxygen atoms in total. The molecular formula is C7H19GeN. The third-order valence-electron chi connectivity index (χ3n) is 1.66. The van der Waals surface area contributed by atoms with Crippen LogP contribution in [0.15, 0.2) is 0 Å². The monoisotopic (exact) mass is 191 g/mol. The molecule has 0 aromatic carbocycles. The van der Waals surface area contributed by atoms with Crippen LogP contribution >= 0.6 is 0 Å². The molecule has 0 rings (SSSR count). The fourth-order valence-electron chi connectivity index (χ4n) is 1.06. The van der Waals surface area contributed by atoms with E-state index in [1.54, 1.807) is 0 Å². The second kappa shape index (κ2) is 5.30. The molecule has 1 atom stereocenters. The Labute approximate surface area is 63.6 Å². The molecule has 0 amide bonds. The average molecular weight is 190 g/mol. The summed E-state index contributed by atoms with van der Waals surface area (Å²) in [6, 6.07) is 0. The molecule has 0 aromatic rings. The van der Waals surface area contributed by atoms with Crippen molar-refractivity contribution >= 4 is 14.6 Å². The summed E-state index contributed by atoms with van der Waals surface area (Å²) in [7, 11) is 2.12. The maximum absolute atomic E-state index is 3.47. The van der Waals surface area contributed by atoms with Crippen LogP contribution in [0.3, 0.4) is 0 Å². The van der Waals surface area contributed by atoms with Gasteiger partial charge in [-0.2, -0.15) is 0 Å². The van der Waals surface area contributed by atoms with Crippen LogP contribution in [0.1, 0.15) is 20.8 Å². The molecule has 0 radical (unpaired) electrons. The van der Waals surface area contributed by atoms with Gasteiger partial charge in [-0.05, 0) is 0 Å². The van der Waals surface area contributed by atoms with Crippen LogP contribution in [0.4, 0.5) is 0 Å². The summed E-state index contributed by atoms with van der Waals surface area (Å²) in [6.07, 6.45) is 0. The summed E-state index contributed by atoms with van der Waals surface area (Å²) in [5.41, 5.74) is 0. The van der Waals surface area contributed by atoms with Gasteiger partial charge in [-0.15, -0.1) is 0 Å². The van der Waals surface area contributed by atoms with Crippen molar-refractivity contribution < 1.29 is 0 Å². The first kappa shape index (κ1) is 9.50. The van der Waals surface area contributed by atoms with E-state index in [2.05, 4.69) is 32.1 Å². The summed E-state index contributed by atoms with van der Waals surface area (Å²) in [4.78, 5) is 0. The fraction of sp³-hybridized carbons (Fsp3) is 1.00. The van der Waals surface area contributed by atoms with E-state index in [0.29, 0.717) is 0 Å². The van der Waals surface area contributed by atoms with Crippen molar-refractivity contribution in [3.63, 3.8) is 0 Å². The normalized spacial score (nSPS) is 14.3. The van der Waals surface area contributed by atoms with Gasteiger partial charge in [0.2, 0.25) is 0 Å². The molecule has 9 heavy (non-hydrogen) atoms. The van der Waals surface area contributed by atoms with Gasteiger partial charge in [-0.25, -0.2) is 0 Å². The first-order valence-electron chi connectivity index (χ1n) is 3.88. The molecule has 0 fully saturated rings. The molecule has 0 spiro atoms. The summed E-state index contributed by atoms with van der Waals surface area (Å²) < 4.78 is 3.47. The van der Waals surface area contributed by atoms with Crippen molar-refractivity contribution in [3.05, 3.63) is 0 Å². The second-order valence-electron chi connectivity index (χ2n) is 3.02. The van der Waals surface area contributed by atoms with Gasteiger partial charge in [0.25, 0.3) is 0 Å². The Balaban J connectivity index is 3.31. The van der Waals surface area contributed by atoms with Crippen molar-refractivity contribution in [1.82, 2.24) is 4.27 Å². The first-order chi connectivity index (χ1) is 4.20. The van der Waals surface area contributed by atoms with Crippen LogP contribution in [0.25, 0.3) is 0 Å². The Kier molecular flexibility index (Phi) is 5.60. The van der Waals surface area contributed by atoms with E-state index >= 15 is 0 Å². The quantitative estimate of drug-likeness (QED) is 0.663. The molecule has 2 heteroatoms. The average Bonchev–Trinajstić information content (AvgIpc) is 1.82. The van der Waals surface area contributed by atoms with E-state index in [1.165, 1.54) is 10.5 Å².